The summed E-state index contributed by atoms with van der Waals surface area (Å²) in [4.78, 5) is 18.5. The molecule has 15 heteroatoms. The normalized spacial score (nSPS) is 21.4. The number of carboxylic acid groups (broad SMARTS) is 1. The number of carbonyl (C=O) groups is 1. The van der Waals surface area contributed by atoms with E-state index in [-0.39, 0.29) is 40.8 Å². The Labute approximate surface area is 277 Å². The SMILES string of the molecule is [2H]C([2H])([2H])Oc1cc(C(=O)O)cc2c1nc(CN1CCN(c3cccc4c3OC(C)(c3ccc(C(F)(F)F)cc3OC)O4)C=N1)n2C[C@@H]1CCO1. The molecule has 3 aromatic carbocycles. The van der Waals surface area contributed by atoms with Gasteiger partial charge in [0.15, 0.2) is 11.5 Å². The van der Waals surface area contributed by atoms with E-state index in [9.17, 15) is 23.1 Å². The van der Waals surface area contributed by atoms with Gasteiger partial charge in [-0.15, -0.1) is 0 Å². The summed E-state index contributed by atoms with van der Waals surface area (Å²) in [6, 6.07) is 11.0. The minimum absolute atomic E-state index is 0.0389. The van der Waals surface area contributed by atoms with Gasteiger partial charge in [-0.3, -0.25) is 5.01 Å². The van der Waals surface area contributed by atoms with E-state index in [0.29, 0.717) is 54.8 Å². The lowest BCUT2D eigenvalue weighted by molar-refractivity contribution is -0.137. The van der Waals surface area contributed by atoms with Gasteiger partial charge < -0.3 is 38.3 Å². The van der Waals surface area contributed by atoms with E-state index in [4.69, 9.17) is 32.8 Å². The summed E-state index contributed by atoms with van der Waals surface area (Å²) in [6.45, 7) is 3.60. The largest absolute Gasteiger partial charge is 0.496 e. The van der Waals surface area contributed by atoms with E-state index in [1.54, 1.807) is 30.4 Å². The van der Waals surface area contributed by atoms with Crippen LogP contribution in [0.25, 0.3) is 11.0 Å². The van der Waals surface area contributed by atoms with Crippen LogP contribution in [-0.4, -0.2) is 71.9 Å². The molecule has 1 N–H and O–H groups in total. The third-order valence-electron chi connectivity index (χ3n) is 8.60. The average Bonchev–Trinajstić information content (AvgIpc) is 3.58. The van der Waals surface area contributed by atoms with Crippen LogP contribution in [0.15, 0.2) is 53.6 Å². The number of imidazole rings is 1. The van der Waals surface area contributed by atoms with Crippen LogP contribution in [0.5, 0.6) is 23.0 Å². The van der Waals surface area contributed by atoms with E-state index in [1.807, 2.05) is 15.5 Å². The van der Waals surface area contributed by atoms with Gasteiger partial charge in [0.05, 0.1) is 71.9 Å². The predicted octanol–water partition coefficient (Wildman–Crippen LogP) is 5.47. The number of benzene rings is 3. The van der Waals surface area contributed by atoms with Gasteiger partial charge in [0.25, 0.3) is 5.79 Å². The number of aromatic carboxylic acids is 1. The molecule has 4 aromatic rings. The molecule has 0 bridgehead atoms. The Kier molecular flexibility index (Phi) is 6.86. The lowest BCUT2D eigenvalue weighted by Crippen LogP contribution is -2.38. The van der Waals surface area contributed by atoms with E-state index in [2.05, 4.69) is 5.10 Å². The molecular weight excluding hydrogens is 635 g/mol. The fourth-order valence-electron chi connectivity index (χ4n) is 6.03. The number of para-hydroxylation sites is 1. The molecule has 252 valence electrons. The third kappa shape index (κ3) is 5.57. The quantitative estimate of drug-likeness (QED) is 0.246. The van der Waals surface area contributed by atoms with Crippen LogP contribution in [0, 0.1) is 0 Å². The summed E-state index contributed by atoms with van der Waals surface area (Å²) < 4.78 is 93.4. The highest BCUT2D eigenvalue weighted by molar-refractivity contribution is 5.95. The van der Waals surface area contributed by atoms with Gasteiger partial charge >= 0.3 is 12.1 Å². The fraction of sp³-hybridized carbons (Fsp3) is 0.364. The molecule has 4 heterocycles. The number of hydrogen-bond donors (Lipinski definition) is 1. The Morgan fingerprint density at radius 3 is 2.65 bits per heavy atom. The van der Waals surface area contributed by atoms with Crippen molar-refractivity contribution in [3.05, 3.63) is 71.0 Å². The number of rotatable bonds is 9. The average molecular weight is 671 g/mol. The number of halogens is 3. The standard InChI is InChI=1S/C33H32F3N5O7/c1-32(22-8-7-20(33(34,35)36)15-26(22)44-2)47-25-6-4-5-23(30(25)48-32)39-10-11-40(37-18-39)17-28-38-29-24(41(28)16-21-9-12-46-21)13-19(31(42)43)14-27(29)45-3/h4-8,13-15,18,21H,9-12,16-17H2,1-3H3,(H,42,43)/t21-,32?/m0/s1/i3D3. The Hall–Kier alpha value is -5.18. The lowest BCUT2D eigenvalue weighted by Gasteiger charge is -2.31. The van der Waals surface area contributed by atoms with Crippen LogP contribution >= 0.6 is 0 Å². The summed E-state index contributed by atoms with van der Waals surface area (Å²) in [7, 11) is -1.56. The Bertz CT molecular complexity index is 2040. The van der Waals surface area contributed by atoms with Gasteiger partial charge in [0.2, 0.25) is 0 Å². The molecule has 1 saturated heterocycles. The van der Waals surface area contributed by atoms with Crippen molar-refractivity contribution in [1.29, 1.82) is 0 Å². The number of hydrazone groups is 1. The van der Waals surface area contributed by atoms with E-state index in [0.717, 1.165) is 24.6 Å². The van der Waals surface area contributed by atoms with Gasteiger partial charge in [-0.05, 0) is 48.9 Å². The summed E-state index contributed by atoms with van der Waals surface area (Å²) in [5, 5.41) is 16.1. The zero-order chi connectivity index (χ0) is 36.3. The van der Waals surface area contributed by atoms with Crippen molar-refractivity contribution in [3.63, 3.8) is 0 Å². The first-order chi connectivity index (χ1) is 24.1. The van der Waals surface area contributed by atoms with Crippen molar-refractivity contribution in [2.45, 2.75) is 44.5 Å². The number of carboxylic acids is 1. The number of methoxy groups -OCH3 is 2. The molecule has 3 aliphatic heterocycles. The highest BCUT2D eigenvalue weighted by Crippen LogP contribution is 2.51. The minimum Gasteiger partial charge on any atom is -0.496 e. The molecule has 2 atom stereocenters. The Morgan fingerprint density at radius 1 is 1.15 bits per heavy atom. The van der Waals surface area contributed by atoms with Crippen LogP contribution in [0.1, 0.15) is 44.8 Å². The summed E-state index contributed by atoms with van der Waals surface area (Å²) in [6.07, 6.45) is -2.28. The third-order valence-corrected chi connectivity index (χ3v) is 8.60. The summed E-state index contributed by atoms with van der Waals surface area (Å²) >= 11 is 0. The number of anilines is 1. The van der Waals surface area contributed by atoms with Crippen molar-refractivity contribution in [2.24, 2.45) is 5.10 Å². The number of ether oxygens (including phenoxy) is 5. The van der Waals surface area contributed by atoms with E-state index in [1.165, 1.54) is 19.2 Å². The Balaban J connectivity index is 1.15. The number of fused-ring (bicyclic) bond motifs is 2. The molecule has 7 rings (SSSR count). The van der Waals surface area contributed by atoms with Gasteiger partial charge in [0, 0.05) is 20.1 Å². The smallest absolute Gasteiger partial charge is 0.416 e. The predicted molar refractivity (Wildman–Crippen MR) is 167 cm³/mol. The molecule has 0 aliphatic carbocycles. The molecule has 0 amide bonds. The highest BCUT2D eigenvalue weighted by Gasteiger charge is 2.44. The molecule has 3 aliphatic rings. The van der Waals surface area contributed by atoms with Crippen LogP contribution in [0.4, 0.5) is 18.9 Å². The van der Waals surface area contributed by atoms with Crippen molar-refractivity contribution in [3.8, 4) is 23.0 Å². The maximum absolute atomic E-state index is 13.4. The molecule has 1 fully saturated rings. The van der Waals surface area contributed by atoms with Crippen molar-refractivity contribution >= 4 is 29.0 Å². The van der Waals surface area contributed by atoms with E-state index >= 15 is 0 Å². The first kappa shape index (κ1) is 27.9. The number of hydrogen-bond acceptors (Lipinski definition) is 10. The van der Waals surface area contributed by atoms with Crippen LogP contribution in [0.2, 0.25) is 0 Å². The molecule has 0 spiro atoms. The Morgan fingerprint density at radius 2 is 1.98 bits per heavy atom. The van der Waals surface area contributed by atoms with Crippen molar-refractivity contribution in [2.75, 3.05) is 38.7 Å². The summed E-state index contributed by atoms with van der Waals surface area (Å²) in [5.41, 5.74) is 0.484. The molecule has 1 unspecified atom stereocenters. The van der Waals surface area contributed by atoms with Gasteiger partial charge in [-0.2, -0.15) is 18.3 Å². The number of alkyl halides is 3. The second-order valence-corrected chi connectivity index (χ2v) is 11.6. The molecule has 1 aromatic heterocycles. The van der Waals surface area contributed by atoms with Crippen LogP contribution in [0.3, 0.4) is 0 Å². The van der Waals surface area contributed by atoms with Gasteiger partial charge in [-0.25, -0.2) is 9.78 Å². The lowest BCUT2D eigenvalue weighted by atomic mass is 10.0. The maximum Gasteiger partial charge on any atom is 0.416 e. The van der Waals surface area contributed by atoms with E-state index < -0.39 is 30.5 Å². The first-order valence-corrected chi connectivity index (χ1v) is 15.0. The molecule has 0 radical (unpaired) electrons. The number of aromatic nitrogens is 2. The maximum atomic E-state index is 13.4. The van der Waals surface area contributed by atoms with Gasteiger partial charge in [-0.1, -0.05) is 6.07 Å². The summed E-state index contributed by atoms with van der Waals surface area (Å²) in [5.74, 6) is -1.68. The zero-order valence-corrected chi connectivity index (χ0v) is 25.8. The molecule has 0 saturated carbocycles. The minimum atomic E-state index is -4.56. The topological polar surface area (TPSA) is 120 Å². The molecule has 12 nitrogen and oxygen atoms in total. The van der Waals surface area contributed by atoms with Gasteiger partial charge in [0.1, 0.15) is 29.2 Å². The molecule has 48 heavy (non-hydrogen) atoms. The second-order valence-electron chi connectivity index (χ2n) is 11.6. The second kappa shape index (κ2) is 11.8. The fourth-order valence-corrected chi connectivity index (χ4v) is 6.03. The van der Waals surface area contributed by atoms with Crippen LogP contribution < -0.4 is 23.8 Å². The molecular formula is C33H32F3N5O7. The number of nitrogens with zero attached hydrogens (tertiary/aromatic N) is 5. The van der Waals surface area contributed by atoms with Crippen LogP contribution in [-0.2, 0) is 29.8 Å². The first-order valence-electron chi connectivity index (χ1n) is 16.5. The zero-order valence-electron chi connectivity index (χ0n) is 28.8. The van der Waals surface area contributed by atoms with Crippen molar-refractivity contribution < 1.29 is 50.9 Å². The van der Waals surface area contributed by atoms with Crippen molar-refractivity contribution in [1.82, 2.24) is 14.6 Å². The monoisotopic (exact) mass is 670 g/mol. The highest BCUT2D eigenvalue weighted by atomic mass is 19.4.